The van der Waals surface area contributed by atoms with E-state index in [0.717, 1.165) is 28.6 Å². The predicted molar refractivity (Wildman–Crippen MR) is 142 cm³/mol. The molecule has 36 heavy (non-hydrogen) atoms. The molecule has 1 saturated carbocycles. The van der Waals surface area contributed by atoms with Crippen LogP contribution in [-0.4, -0.2) is 73.3 Å². The van der Waals surface area contributed by atoms with Gasteiger partial charge in [-0.1, -0.05) is 36.8 Å². The number of ether oxygens (including phenoxy) is 2. The Labute approximate surface area is 217 Å². The molecule has 0 unspecified atom stereocenters. The highest BCUT2D eigenvalue weighted by atomic mass is 32.2. The minimum atomic E-state index is -3.16. The minimum Gasteiger partial charge on any atom is -0.467 e. The molecule has 3 heterocycles. The summed E-state index contributed by atoms with van der Waals surface area (Å²) in [5.74, 6) is 0.760. The van der Waals surface area contributed by atoms with Gasteiger partial charge < -0.3 is 14.4 Å². The molecule has 1 aromatic heterocycles. The highest BCUT2D eigenvalue weighted by Gasteiger charge is 2.27. The van der Waals surface area contributed by atoms with Crippen molar-refractivity contribution in [1.29, 1.82) is 0 Å². The van der Waals surface area contributed by atoms with Gasteiger partial charge in [-0.2, -0.15) is 4.31 Å². The largest absolute Gasteiger partial charge is 0.467 e. The van der Waals surface area contributed by atoms with Gasteiger partial charge in [0.25, 0.3) is 5.19 Å². The first-order valence-electron chi connectivity index (χ1n) is 13.1. The predicted octanol–water partition coefficient (Wildman–Crippen LogP) is 4.91. The van der Waals surface area contributed by atoms with Crippen LogP contribution in [0.4, 0.5) is 4.79 Å². The third-order valence-corrected chi connectivity index (χ3v) is 10.4. The van der Waals surface area contributed by atoms with Gasteiger partial charge in [0.05, 0.1) is 22.6 Å². The Balaban J connectivity index is 1.15. The van der Waals surface area contributed by atoms with E-state index in [9.17, 15) is 13.2 Å². The van der Waals surface area contributed by atoms with Crippen LogP contribution in [0.2, 0.25) is 0 Å². The normalized spacial score (nSPS) is 20.2. The molecule has 1 aliphatic carbocycles. The van der Waals surface area contributed by atoms with Gasteiger partial charge in [-0.25, -0.2) is 18.2 Å². The molecule has 0 bridgehead atoms. The van der Waals surface area contributed by atoms with Gasteiger partial charge in [-0.15, -0.1) is 0 Å². The molecule has 8 nitrogen and oxygen atoms in total. The zero-order valence-electron chi connectivity index (χ0n) is 20.9. The summed E-state index contributed by atoms with van der Waals surface area (Å²) in [5.41, 5.74) is 3.19. The number of hydrogen-bond donors (Lipinski definition) is 0. The highest BCUT2D eigenvalue weighted by Crippen LogP contribution is 2.33. The van der Waals surface area contributed by atoms with Crippen molar-refractivity contribution in [2.24, 2.45) is 5.92 Å². The van der Waals surface area contributed by atoms with Crippen LogP contribution in [0.1, 0.15) is 57.4 Å². The lowest BCUT2D eigenvalue weighted by Crippen LogP contribution is -2.42. The van der Waals surface area contributed by atoms with Crippen LogP contribution in [0, 0.1) is 5.92 Å². The van der Waals surface area contributed by atoms with Crippen LogP contribution in [0.15, 0.2) is 24.3 Å². The number of nitrogens with zero attached hydrogens (tertiary/aromatic N) is 3. The Hall–Kier alpha value is -2.17. The third kappa shape index (κ3) is 5.86. The van der Waals surface area contributed by atoms with Gasteiger partial charge in [-0.05, 0) is 54.9 Å². The zero-order chi connectivity index (χ0) is 25.1. The van der Waals surface area contributed by atoms with Gasteiger partial charge in [0.2, 0.25) is 10.0 Å². The summed E-state index contributed by atoms with van der Waals surface area (Å²) in [5, 5.41) is 0.655. The van der Waals surface area contributed by atoms with E-state index in [4.69, 9.17) is 9.47 Å². The summed E-state index contributed by atoms with van der Waals surface area (Å²) in [6.07, 6.45) is 8.34. The first-order chi connectivity index (χ1) is 17.4. The number of sulfonamides is 1. The van der Waals surface area contributed by atoms with E-state index in [0.29, 0.717) is 56.7 Å². The van der Waals surface area contributed by atoms with Crippen LogP contribution in [0.5, 0.6) is 5.19 Å². The standard InChI is InChI=1S/C26H35N3O5S2/c1-2-16-36(31,32)29-14-8-20(9-15-29)21-6-7-23-24(17-21)35-25(27-23)34-22-10-12-28(13-11-22)26(30)33-18-19-4-3-5-19/h6-8,17,19,22H,2-5,9-16,18H2,1H3. The Morgan fingerprint density at radius 3 is 2.64 bits per heavy atom. The quantitative estimate of drug-likeness (QED) is 0.479. The average Bonchev–Trinajstić information content (AvgIpc) is 3.25. The number of amides is 1. The monoisotopic (exact) mass is 533 g/mol. The molecule has 2 aliphatic heterocycles. The van der Waals surface area contributed by atoms with Crippen molar-refractivity contribution in [3.8, 4) is 5.19 Å². The first-order valence-corrected chi connectivity index (χ1v) is 15.5. The van der Waals surface area contributed by atoms with Gasteiger partial charge in [-0.3, -0.25) is 0 Å². The number of carbonyl (C=O) groups excluding carboxylic acids is 1. The third-order valence-electron chi connectivity index (χ3n) is 7.40. The van der Waals surface area contributed by atoms with Crippen molar-refractivity contribution in [3.63, 3.8) is 0 Å². The van der Waals surface area contributed by atoms with E-state index in [1.54, 1.807) is 9.21 Å². The van der Waals surface area contributed by atoms with Gasteiger partial charge in [0, 0.05) is 39.0 Å². The number of fused-ring (bicyclic) bond motifs is 1. The summed E-state index contributed by atoms with van der Waals surface area (Å²) >= 11 is 1.54. The number of thiazole rings is 1. The summed E-state index contributed by atoms with van der Waals surface area (Å²) in [7, 11) is -3.16. The number of hydrogen-bond acceptors (Lipinski definition) is 7. The van der Waals surface area contributed by atoms with Gasteiger partial charge in [0.15, 0.2) is 0 Å². The smallest absolute Gasteiger partial charge is 0.409 e. The molecule has 2 fully saturated rings. The van der Waals surface area contributed by atoms with Crippen LogP contribution in [-0.2, 0) is 14.8 Å². The maximum absolute atomic E-state index is 12.3. The maximum Gasteiger partial charge on any atom is 0.409 e. The lowest BCUT2D eigenvalue weighted by Gasteiger charge is -2.32. The van der Waals surface area contributed by atoms with Crippen molar-refractivity contribution in [1.82, 2.24) is 14.2 Å². The van der Waals surface area contributed by atoms with E-state index < -0.39 is 10.0 Å². The number of carbonyl (C=O) groups is 1. The highest BCUT2D eigenvalue weighted by molar-refractivity contribution is 7.89. The zero-order valence-corrected chi connectivity index (χ0v) is 22.5. The number of aromatic nitrogens is 1. The molecular weight excluding hydrogens is 498 g/mol. The van der Waals surface area contributed by atoms with Crippen molar-refractivity contribution < 1.29 is 22.7 Å². The second-order valence-electron chi connectivity index (χ2n) is 9.99. The summed E-state index contributed by atoms with van der Waals surface area (Å²) in [6.45, 7) is 4.68. The molecule has 0 spiro atoms. The Morgan fingerprint density at radius 2 is 1.97 bits per heavy atom. The molecule has 1 saturated heterocycles. The molecule has 0 radical (unpaired) electrons. The second kappa shape index (κ2) is 11.1. The summed E-state index contributed by atoms with van der Waals surface area (Å²) in [6, 6.07) is 6.19. The van der Waals surface area contributed by atoms with Crippen LogP contribution in [0.3, 0.4) is 0 Å². The Morgan fingerprint density at radius 1 is 1.17 bits per heavy atom. The van der Waals surface area contributed by atoms with Crippen LogP contribution < -0.4 is 4.74 Å². The van der Waals surface area contributed by atoms with Crippen LogP contribution >= 0.6 is 11.3 Å². The average molecular weight is 534 g/mol. The molecule has 1 aromatic carbocycles. The lowest BCUT2D eigenvalue weighted by atomic mass is 9.86. The first kappa shape index (κ1) is 25.5. The number of likely N-dealkylation sites (tertiary alicyclic amines) is 1. The minimum absolute atomic E-state index is 0.0396. The maximum atomic E-state index is 12.3. The molecule has 5 rings (SSSR count). The molecular formula is C26H35N3O5S2. The fourth-order valence-corrected chi connectivity index (χ4v) is 7.31. The molecule has 196 valence electrons. The van der Waals surface area contributed by atoms with E-state index in [1.165, 1.54) is 36.2 Å². The summed E-state index contributed by atoms with van der Waals surface area (Å²) in [4.78, 5) is 18.7. The Bertz CT molecular complexity index is 1210. The van der Waals surface area contributed by atoms with E-state index in [1.807, 2.05) is 19.1 Å². The van der Waals surface area contributed by atoms with Gasteiger partial charge >= 0.3 is 6.09 Å². The van der Waals surface area contributed by atoms with Crippen molar-refractivity contribution in [2.75, 3.05) is 38.5 Å². The number of piperidine rings is 1. The van der Waals surface area contributed by atoms with Crippen molar-refractivity contribution >= 4 is 43.2 Å². The lowest BCUT2D eigenvalue weighted by molar-refractivity contribution is 0.0500. The van der Waals surface area contributed by atoms with Crippen molar-refractivity contribution in [3.05, 3.63) is 29.8 Å². The fourth-order valence-electron chi connectivity index (χ4n) is 4.94. The fraction of sp³-hybridized carbons (Fsp3) is 0.615. The SMILES string of the molecule is CCCS(=O)(=O)N1CC=C(c2ccc3nc(OC4CCN(C(=O)OCC5CCC5)CC4)sc3c2)CC1. The molecule has 1 amide bonds. The van der Waals surface area contributed by atoms with Crippen LogP contribution in [0.25, 0.3) is 15.8 Å². The molecule has 2 aromatic rings. The molecule has 0 N–H and O–H groups in total. The summed E-state index contributed by atoms with van der Waals surface area (Å²) < 4.78 is 39.0. The number of rotatable bonds is 8. The van der Waals surface area contributed by atoms with E-state index in [-0.39, 0.29) is 18.0 Å². The number of benzene rings is 1. The molecule has 0 atom stereocenters. The Kier molecular flexibility index (Phi) is 7.83. The topological polar surface area (TPSA) is 89.0 Å². The second-order valence-corrected chi connectivity index (χ2v) is 13.1. The van der Waals surface area contributed by atoms with E-state index >= 15 is 0 Å². The van der Waals surface area contributed by atoms with Crippen molar-refractivity contribution in [2.45, 2.75) is 58.0 Å². The molecule has 3 aliphatic rings. The van der Waals surface area contributed by atoms with E-state index in [2.05, 4.69) is 17.1 Å². The molecule has 10 heteroatoms. The van der Waals surface area contributed by atoms with Gasteiger partial charge in [0.1, 0.15) is 6.10 Å².